The highest BCUT2D eigenvalue weighted by Gasteiger charge is 2.49. The fraction of sp³-hybridized carbons (Fsp3) is 0.0189. The highest BCUT2D eigenvalue weighted by atomic mass is 16.5. The molecule has 12 rings (SSSR count). The maximum absolute atomic E-state index is 6.76. The van der Waals surface area contributed by atoms with E-state index in [1.807, 2.05) is 12.1 Å². The van der Waals surface area contributed by atoms with Crippen LogP contribution >= 0.6 is 0 Å². The first-order chi connectivity index (χ1) is 27.8. The highest BCUT2D eigenvalue weighted by Crippen LogP contribution is 2.62. The van der Waals surface area contributed by atoms with Crippen LogP contribution in [0.4, 0.5) is 17.1 Å². The lowest BCUT2D eigenvalue weighted by molar-refractivity contribution is 0.435. The van der Waals surface area contributed by atoms with Gasteiger partial charge in [0, 0.05) is 45.0 Å². The van der Waals surface area contributed by atoms with Gasteiger partial charge in [-0.05, 0) is 98.8 Å². The zero-order valence-electron chi connectivity index (χ0n) is 30.3. The van der Waals surface area contributed by atoms with Gasteiger partial charge in [0.1, 0.15) is 22.7 Å². The molecule has 1 aromatic heterocycles. The number of fused-ring (bicyclic) bond motifs is 11. The lowest BCUT2D eigenvalue weighted by Gasteiger charge is -2.45. The van der Waals surface area contributed by atoms with E-state index in [2.05, 4.69) is 193 Å². The average molecular weight is 716 g/mol. The molecule has 0 amide bonds. The van der Waals surface area contributed by atoms with E-state index in [9.17, 15) is 0 Å². The average Bonchev–Trinajstić information content (AvgIpc) is 3.64. The Labute approximate surface area is 324 Å². The molecule has 0 fully saturated rings. The van der Waals surface area contributed by atoms with Gasteiger partial charge in [0.15, 0.2) is 0 Å². The number of ether oxygens (including phenoxy) is 1. The molecule has 1 aliphatic heterocycles. The molecule has 1 spiro atoms. The van der Waals surface area contributed by atoms with Crippen molar-refractivity contribution < 1.29 is 9.15 Å². The fourth-order valence-corrected chi connectivity index (χ4v) is 9.63. The quantitative estimate of drug-likeness (QED) is 0.181. The number of nitrogens with zero attached hydrogens (tertiary/aromatic N) is 1. The number of anilines is 3. The molecule has 9 aromatic carbocycles. The monoisotopic (exact) mass is 715 g/mol. The summed E-state index contributed by atoms with van der Waals surface area (Å²) < 4.78 is 13.2. The van der Waals surface area contributed by atoms with Crippen LogP contribution in [0.3, 0.4) is 0 Å². The summed E-state index contributed by atoms with van der Waals surface area (Å²) in [4.78, 5) is 2.35. The Bertz CT molecular complexity index is 3130. The van der Waals surface area contributed by atoms with Crippen LogP contribution in [0.15, 0.2) is 205 Å². The van der Waals surface area contributed by atoms with Crippen LogP contribution in [-0.4, -0.2) is 0 Å². The Morgan fingerprint density at radius 2 is 0.946 bits per heavy atom. The molecular formula is C53H33NO2. The third-order valence-electron chi connectivity index (χ3n) is 11.9. The van der Waals surface area contributed by atoms with Crippen molar-refractivity contribution in [3.8, 4) is 33.8 Å². The topological polar surface area (TPSA) is 25.6 Å². The van der Waals surface area contributed by atoms with Crippen molar-refractivity contribution in [1.29, 1.82) is 0 Å². The lowest BCUT2D eigenvalue weighted by atomic mass is 9.58. The van der Waals surface area contributed by atoms with Gasteiger partial charge in [-0.15, -0.1) is 0 Å². The van der Waals surface area contributed by atoms with Gasteiger partial charge in [-0.3, -0.25) is 0 Å². The summed E-state index contributed by atoms with van der Waals surface area (Å²) in [6.45, 7) is 0. The minimum absolute atomic E-state index is 0.677. The first-order valence-electron chi connectivity index (χ1n) is 19.2. The van der Waals surface area contributed by atoms with E-state index in [0.717, 1.165) is 61.6 Å². The van der Waals surface area contributed by atoms with E-state index in [1.54, 1.807) is 0 Å². The molecule has 2 heterocycles. The number of hydrogen-bond donors (Lipinski definition) is 0. The van der Waals surface area contributed by atoms with Crippen LogP contribution in [0.25, 0.3) is 55.0 Å². The van der Waals surface area contributed by atoms with Crippen LogP contribution in [0.2, 0.25) is 0 Å². The molecule has 3 nitrogen and oxygen atoms in total. The number of para-hydroxylation sites is 4. The van der Waals surface area contributed by atoms with Crippen LogP contribution in [0.1, 0.15) is 22.3 Å². The molecule has 3 heteroatoms. The zero-order valence-corrected chi connectivity index (χ0v) is 30.3. The zero-order chi connectivity index (χ0) is 36.8. The molecule has 56 heavy (non-hydrogen) atoms. The highest BCUT2D eigenvalue weighted by molar-refractivity contribution is 6.11. The summed E-state index contributed by atoms with van der Waals surface area (Å²) in [7, 11) is 0. The molecule has 2 aliphatic rings. The summed E-state index contributed by atoms with van der Waals surface area (Å²) in [5.74, 6) is 1.75. The predicted octanol–water partition coefficient (Wildman–Crippen LogP) is 14.3. The van der Waals surface area contributed by atoms with Crippen molar-refractivity contribution in [2.24, 2.45) is 0 Å². The third-order valence-corrected chi connectivity index (χ3v) is 11.9. The molecule has 0 radical (unpaired) electrons. The lowest BCUT2D eigenvalue weighted by Crippen LogP contribution is -2.36. The number of benzene rings is 9. The molecule has 1 aliphatic carbocycles. The summed E-state index contributed by atoms with van der Waals surface area (Å²) >= 11 is 0. The summed E-state index contributed by atoms with van der Waals surface area (Å²) in [5.41, 5.74) is 13.8. The van der Waals surface area contributed by atoms with Crippen LogP contribution < -0.4 is 9.64 Å². The van der Waals surface area contributed by atoms with E-state index < -0.39 is 5.41 Å². The second-order valence-corrected chi connectivity index (χ2v) is 14.8. The van der Waals surface area contributed by atoms with Gasteiger partial charge in [0.05, 0.1) is 5.41 Å². The number of hydrogen-bond acceptors (Lipinski definition) is 3. The van der Waals surface area contributed by atoms with Gasteiger partial charge in [0.2, 0.25) is 0 Å². The molecule has 0 atom stereocenters. The summed E-state index contributed by atoms with van der Waals surface area (Å²) in [6, 6.07) is 72.0. The summed E-state index contributed by atoms with van der Waals surface area (Å²) in [6.07, 6.45) is 0. The van der Waals surface area contributed by atoms with Crippen molar-refractivity contribution in [1.82, 2.24) is 0 Å². The van der Waals surface area contributed by atoms with Gasteiger partial charge in [-0.25, -0.2) is 0 Å². The predicted molar refractivity (Wildman–Crippen MR) is 229 cm³/mol. The van der Waals surface area contributed by atoms with E-state index in [4.69, 9.17) is 9.15 Å². The first-order valence-corrected chi connectivity index (χ1v) is 19.2. The maximum Gasteiger partial charge on any atom is 0.137 e. The molecule has 0 saturated heterocycles. The van der Waals surface area contributed by atoms with Crippen molar-refractivity contribution in [3.63, 3.8) is 0 Å². The van der Waals surface area contributed by atoms with Crippen molar-refractivity contribution in [2.75, 3.05) is 4.90 Å². The molecule has 0 N–H and O–H groups in total. The number of rotatable bonds is 4. The van der Waals surface area contributed by atoms with E-state index in [1.165, 1.54) is 44.2 Å². The number of furan rings is 1. The second-order valence-electron chi connectivity index (χ2n) is 14.8. The van der Waals surface area contributed by atoms with Crippen molar-refractivity contribution in [2.45, 2.75) is 5.41 Å². The van der Waals surface area contributed by atoms with Crippen LogP contribution in [-0.2, 0) is 5.41 Å². The minimum Gasteiger partial charge on any atom is -0.457 e. The molecule has 262 valence electrons. The minimum atomic E-state index is -0.677. The first kappa shape index (κ1) is 31.0. The molecular weight excluding hydrogens is 683 g/mol. The Balaban J connectivity index is 1.18. The van der Waals surface area contributed by atoms with Gasteiger partial charge in [-0.2, -0.15) is 0 Å². The van der Waals surface area contributed by atoms with Crippen molar-refractivity contribution >= 4 is 49.8 Å². The second kappa shape index (κ2) is 11.8. The molecule has 0 bridgehead atoms. The fourth-order valence-electron chi connectivity index (χ4n) is 9.63. The maximum atomic E-state index is 6.76. The molecule has 10 aromatic rings. The van der Waals surface area contributed by atoms with E-state index in [0.29, 0.717) is 0 Å². The van der Waals surface area contributed by atoms with Gasteiger partial charge < -0.3 is 14.1 Å². The van der Waals surface area contributed by atoms with E-state index in [-0.39, 0.29) is 0 Å². The van der Waals surface area contributed by atoms with Crippen molar-refractivity contribution in [3.05, 3.63) is 222 Å². The van der Waals surface area contributed by atoms with E-state index >= 15 is 0 Å². The molecule has 0 unspecified atom stereocenters. The van der Waals surface area contributed by atoms with Gasteiger partial charge in [0.25, 0.3) is 0 Å². The standard InChI is InChI=1S/C53H33NO2/c1-3-14-34(15-4-1)38-30-31-43-39-28-26-36(54(35-16-5-2-6-17-35)37-27-29-41-40-18-7-10-23-48(40)55-51(41)33-37)32-47(39)53(46-22-13-19-42(38)52(43)46)44-20-8-11-24-49(44)56-50-25-12-9-21-45(50)53/h1-33H. The molecule has 0 saturated carbocycles. The Kier molecular flexibility index (Phi) is 6.55. The van der Waals surface area contributed by atoms with Crippen LogP contribution in [0, 0.1) is 0 Å². The van der Waals surface area contributed by atoms with Crippen LogP contribution in [0.5, 0.6) is 11.5 Å². The third kappa shape index (κ3) is 4.28. The Morgan fingerprint density at radius 3 is 1.75 bits per heavy atom. The largest absolute Gasteiger partial charge is 0.457 e. The SMILES string of the molecule is c1ccc(-c2ccc3c4c(cccc24)C2(c4ccccc4Oc4ccccc42)c2cc(N(c4ccccc4)c4ccc5c(c4)oc4ccccc45)ccc2-3)cc1. The normalized spacial score (nSPS) is 13.3. The summed E-state index contributed by atoms with van der Waals surface area (Å²) in [5, 5.41) is 4.75. The smallest absolute Gasteiger partial charge is 0.137 e. The Morgan fingerprint density at radius 1 is 0.357 bits per heavy atom. The Hall–Kier alpha value is -7.36. The van der Waals surface area contributed by atoms with Gasteiger partial charge in [-0.1, -0.05) is 140 Å². The van der Waals surface area contributed by atoms with Gasteiger partial charge >= 0.3 is 0 Å².